The third-order valence-electron chi connectivity index (χ3n) is 2.64. The van der Waals surface area contributed by atoms with E-state index in [4.69, 9.17) is 5.26 Å². The van der Waals surface area contributed by atoms with E-state index in [1.807, 2.05) is 19.1 Å². The Bertz CT molecular complexity index is 401. The minimum Gasteiger partial charge on any atom is -0.341 e. The molecule has 0 aromatic rings. The first-order valence-corrected chi connectivity index (χ1v) is 6.97. The molecule has 0 aromatic heterocycles. The third-order valence-corrected chi connectivity index (χ3v) is 3.65. The third kappa shape index (κ3) is 3.50. The van der Waals surface area contributed by atoms with Crippen molar-refractivity contribution >= 4 is 23.6 Å². The van der Waals surface area contributed by atoms with Crippen LogP contribution < -0.4 is 5.32 Å². The largest absolute Gasteiger partial charge is 0.341 e. The highest BCUT2D eigenvalue weighted by molar-refractivity contribution is 7.99. The first-order chi connectivity index (χ1) is 8.61. The van der Waals surface area contributed by atoms with Gasteiger partial charge in [-0.1, -0.05) is 13.0 Å². The second kappa shape index (κ2) is 7.07. The molecule has 98 valence electrons. The maximum absolute atomic E-state index is 12.1. The van der Waals surface area contributed by atoms with Gasteiger partial charge in [0.15, 0.2) is 0 Å². The molecule has 2 amide bonds. The lowest BCUT2D eigenvalue weighted by molar-refractivity contribution is -0.135. The fraction of sp³-hybridized carbons (Fsp3) is 0.583. The molecule has 1 saturated heterocycles. The van der Waals surface area contributed by atoms with Crippen LogP contribution in [-0.2, 0) is 9.59 Å². The predicted octanol–water partition coefficient (Wildman–Crippen LogP) is 0.884. The Hall–Kier alpha value is -1.48. The van der Waals surface area contributed by atoms with Gasteiger partial charge in [-0.05, 0) is 13.3 Å². The van der Waals surface area contributed by atoms with Gasteiger partial charge in [-0.25, -0.2) is 0 Å². The molecule has 5 nitrogen and oxygen atoms in total. The summed E-state index contributed by atoms with van der Waals surface area (Å²) in [7, 11) is 0. The van der Waals surface area contributed by atoms with Crippen LogP contribution in [0.1, 0.15) is 20.3 Å². The number of carbonyl (C=O) groups is 2. The van der Waals surface area contributed by atoms with E-state index in [0.717, 1.165) is 6.42 Å². The summed E-state index contributed by atoms with van der Waals surface area (Å²) in [4.78, 5) is 25.5. The normalized spacial score (nSPS) is 19.5. The molecule has 1 atom stereocenters. The Morgan fingerprint density at radius 3 is 2.94 bits per heavy atom. The number of amides is 2. The van der Waals surface area contributed by atoms with E-state index in [2.05, 4.69) is 5.32 Å². The highest BCUT2D eigenvalue weighted by Crippen LogP contribution is 2.23. The number of allylic oxidation sites excluding steroid dienone is 1. The quantitative estimate of drug-likeness (QED) is 0.606. The zero-order valence-corrected chi connectivity index (χ0v) is 11.4. The molecule has 0 bridgehead atoms. The summed E-state index contributed by atoms with van der Waals surface area (Å²) in [6.45, 7) is 3.71. The SMILES string of the molecule is CCC=C(C)C(=O)N1CSCC1C(=O)NCC#N. The van der Waals surface area contributed by atoms with E-state index >= 15 is 0 Å². The standard InChI is InChI=1S/C12H17N3O2S/c1-3-4-9(2)12(17)15-8-18-7-10(15)11(16)14-6-5-13/h4,10H,3,6-8H2,1-2H3,(H,14,16). The second-order valence-electron chi connectivity index (χ2n) is 3.96. The topological polar surface area (TPSA) is 73.2 Å². The molecule has 1 heterocycles. The van der Waals surface area contributed by atoms with Crippen LogP contribution in [-0.4, -0.2) is 40.9 Å². The van der Waals surface area contributed by atoms with Crippen molar-refractivity contribution in [2.75, 3.05) is 18.2 Å². The number of hydrogen-bond donors (Lipinski definition) is 1. The fourth-order valence-corrected chi connectivity index (χ4v) is 2.88. The van der Waals surface area contributed by atoms with Crippen LogP contribution in [0.5, 0.6) is 0 Å². The molecule has 0 aromatic carbocycles. The van der Waals surface area contributed by atoms with Crippen molar-refractivity contribution in [3.63, 3.8) is 0 Å². The summed E-state index contributed by atoms with van der Waals surface area (Å²) in [6.07, 6.45) is 2.65. The van der Waals surface area contributed by atoms with E-state index in [1.54, 1.807) is 23.6 Å². The molecule has 0 saturated carbocycles. The summed E-state index contributed by atoms with van der Waals surface area (Å²) >= 11 is 1.55. The molecule has 1 aliphatic heterocycles. The van der Waals surface area contributed by atoms with Gasteiger partial charge in [-0.3, -0.25) is 9.59 Å². The van der Waals surface area contributed by atoms with Crippen molar-refractivity contribution in [2.24, 2.45) is 0 Å². The van der Waals surface area contributed by atoms with Gasteiger partial charge in [-0.15, -0.1) is 11.8 Å². The Balaban J connectivity index is 2.70. The van der Waals surface area contributed by atoms with Crippen LogP contribution in [0, 0.1) is 11.3 Å². The van der Waals surface area contributed by atoms with Gasteiger partial charge in [0.05, 0.1) is 11.9 Å². The molecular formula is C12H17N3O2S. The van der Waals surface area contributed by atoms with E-state index in [1.165, 1.54) is 0 Å². The lowest BCUT2D eigenvalue weighted by Crippen LogP contribution is -2.47. The van der Waals surface area contributed by atoms with Gasteiger partial charge in [0.25, 0.3) is 5.91 Å². The number of nitriles is 1. The molecule has 0 aliphatic carbocycles. The monoisotopic (exact) mass is 267 g/mol. The molecule has 0 spiro atoms. The Labute approximate surface area is 111 Å². The molecule has 0 radical (unpaired) electrons. The zero-order chi connectivity index (χ0) is 13.5. The van der Waals surface area contributed by atoms with Gasteiger partial charge in [0, 0.05) is 11.3 Å². The lowest BCUT2D eigenvalue weighted by Gasteiger charge is -2.22. The van der Waals surface area contributed by atoms with Crippen molar-refractivity contribution in [3.8, 4) is 6.07 Å². The van der Waals surface area contributed by atoms with Crippen LogP contribution >= 0.6 is 11.8 Å². The minimum absolute atomic E-state index is 0.0220. The Kier molecular flexibility index (Phi) is 5.72. The van der Waals surface area contributed by atoms with Gasteiger partial charge >= 0.3 is 0 Å². The Morgan fingerprint density at radius 1 is 1.61 bits per heavy atom. The summed E-state index contributed by atoms with van der Waals surface area (Å²) < 4.78 is 0. The highest BCUT2D eigenvalue weighted by Gasteiger charge is 2.34. The van der Waals surface area contributed by atoms with Crippen molar-refractivity contribution in [3.05, 3.63) is 11.6 Å². The maximum Gasteiger partial charge on any atom is 0.250 e. The highest BCUT2D eigenvalue weighted by atomic mass is 32.2. The number of nitrogens with one attached hydrogen (secondary N) is 1. The first-order valence-electron chi connectivity index (χ1n) is 5.82. The Morgan fingerprint density at radius 2 is 2.33 bits per heavy atom. The van der Waals surface area contributed by atoms with E-state index in [0.29, 0.717) is 17.2 Å². The number of hydrogen-bond acceptors (Lipinski definition) is 4. The van der Waals surface area contributed by atoms with E-state index < -0.39 is 6.04 Å². The van der Waals surface area contributed by atoms with Crippen molar-refractivity contribution in [1.82, 2.24) is 10.2 Å². The van der Waals surface area contributed by atoms with Gasteiger partial charge in [0.2, 0.25) is 5.91 Å². The lowest BCUT2D eigenvalue weighted by atomic mass is 10.2. The average molecular weight is 267 g/mol. The van der Waals surface area contributed by atoms with Crippen LogP contribution in [0.3, 0.4) is 0 Å². The van der Waals surface area contributed by atoms with Crippen molar-refractivity contribution in [1.29, 1.82) is 5.26 Å². The summed E-state index contributed by atoms with van der Waals surface area (Å²) in [6, 6.07) is 1.39. The number of rotatable bonds is 4. The average Bonchev–Trinajstić information content (AvgIpc) is 2.84. The van der Waals surface area contributed by atoms with Crippen LogP contribution in [0.25, 0.3) is 0 Å². The molecule has 18 heavy (non-hydrogen) atoms. The maximum atomic E-state index is 12.1. The minimum atomic E-state index is -0.462. The van der Waals surface area contributed by atoms with Gasteiger partial charge in [-0.2, -0.15) is 5.26 Å². The molecule has 6 heteroatoms. The summed E-state index contributed by atoms with van der Waals surface area (Å²) in [5.41, 5.74) is 0.665. The molecular weight excluding hydrogens is 250 g/mol. The molecule has 1 aliphatic rings. The molecule has 1 rings (SSSR count). The van der Waals surface area contributed by atoms with E-state index in [-0.39, 0.29) is 18.4 Å². The zero-order valence-electron chi connectivity index (χ0n) is 10.6. The summed E-state index contributed by atoms with van der Waals surface area (Å²) in [5.74, 6) is 0.763. The summed E-state index contributed by atoms with van der Waals surface area (Å²) in [5, 5.41) is 10.9. The fourth-order valence-electron chi connectivity index (χ4n) is 1.72. The molecule has 1 unspecified atom stereocenters. The number of nitrogens with zero attached hydrogens (tertiary/aromatic N) is 2. The van der Waals surface area contributed by atoms with E-state index in [9.17, 15) is 9.59 Å². The molecule has 1 fully saturated rings. The van der Waals surface area contributed by atoms with Gasteiger partial charge in [0.1, 0.15) is 12.6 Å². The predicted molar refractivity (Wildman–Crippen MR) is 70.6 cm³/mol. The second-order valence-corrected chi connectivity index (χ2v) is 4.96. The van der Waals surface area contributed by atoms with Crippen molar-refractivity contribution in [2.45, 2.75) is 26.3 Å². The van der Waals surface area contributed by atoms with Gasteiger partial charge < -0.3 is 10.2 Å². The first kappa shape index (κ1) is 14.6. The van der Waals surface area contributed by atoms with Crippen LogP contribution in [0.4, 0.5) is 0 Å². The van der Waals surface area contributed by atoms with Crippen molar-refractivity contribution < 1.29 is 9.59 Å². The van der Waals surface area contributed by atoms with Crippen LogP contribution in [0.15, 0.2) is 11.6 Å². The van der Waals surface area contributed by atoms with Crippen LogP contribution in [0.2, 0.25) is 0 Å². The number of thioether (sulfide) groups is 1. The smallest absolute Gasteiger partial charge is 0.250 e. The molecule has 1 N–H and O–H groups in total. The number of carbonyl (C=O) groups excluding carboxylic acids is 2.